The molecule has 348 valence electrons. The second-order valence-electron chi connectivity index (χ2n) is 16.5. The highest BCUT2D eigenvalue weighted by atomic mass is 16.6. The van der Waals surface area contributed by atoms with E-state index in [1.165, 1.54) is 103 Å². The van der Waals surface area contributed by atoms with Crippen LogP contribution in [0.4, 0.5) is 0 Å². The lowest BCUT2D eigenvalue weighted by Crippen LogP contribution is -2.30. The SMILES string of the molecule is CC\C=C/C=C\C=C/C=C\C=C/CCCC(=O)OCC(COC(=O)CCCCCCC/C=C\CCCCCCCCC)OC(=O)CCCCC/C=C\CCCCCCCCC. The fourth-order valence-electron chi connectivity index (χ4n) is 6.70. The first kappa shape index (κ1) is 57.6. The van der Waals surface area contributed by atoms with Crippen LogP contribution < -0.4 is 0 Å². The number of allylic oxidation sites excluding steroid dienone is 14. The molecule has 0 fully saturated rings. The topological polar surface area (TPSA) is 78.9 Å². The maximum absolute atomic E-state index is 12.8. The van der Waals surface area contributed by atoms with Gasteiger partial charge in [0.15, 0.2) is 6.10 Å². The van der Waals surface area contributed by atoms with Crippen molar-refractivity contribution in [3.05, 3.63) is 85.1 Å². The van der Waals surface area contributed by atoms with Crippen molar-refractivity contribution in [2.24, 2.45) is 0 Å². The molecule has 0 aliphatic carbocycles. The molecule has 6 heteroatoms. The Bertz CT molecular complexity index is 1200. The van der Waals surface area contributed by atoms with Gasteiger partial charge in [0.1, 0.15) is 13.2 Å². The molecule has 0 aromatic rings. The minimum Gasteiger partial charge on any atom is -0.462 e. The van der Waals surface area contributed by atoms with Crippen LogP contribution in [0.3, 0.4) is 0 Å². The van der Waals surface area contributed by atoms with Crippen LogP contribution in [-0.4, -0.2) is 37.2 Å². The van der Waals surface area contributed by atoms with Crippen LogP contribution in [0.25, 0.3) is 0 Å². The van der Waals surface area contributed by atoms with E-state index in [0.717, 1.165) is 77.0 Å². The Kier molecular flexibility index (Phi) is 46.5. The Balaban J connectivity index is 4.51. The third kappa shape index (κ3) is 47.5. The van der Waals surface area contributed by atoms with Crippen LogP contribution in [0, 0.1) is 0 Å². The summed E-state index contributed by atoms with van der Waals surface area (Å²) in [5.41, 5.74) is 0. The number of ether oxygens (including phenoxy) is 3. The van der Waals surface area contributed by atoms with Crippen LogP contribution in [-0.2, 0) is 28.6 Å². The van der Waals surface area contributed by atoms with Gasteiger partial charge in [0.05, 0.1) is 0 Å². The predicted octanol–water partition coefficient (Wildman–Crippen LogP) is 16.4. The standard InChI is InChI=1S/C55H92O6/c1-4-7-10-13-16-19-22-25-27-28-31-33-36-39-42-45-48-54(57)60-51-52(50-59-53(56)47-44-41-38-35-32-29-24-21-18-15-12-9-6-3)61-55(58)49-46-43-40-37-34-30-26-23-20-17-14-11-8-5-2/h9,12,15,18,21,24,27-30,32,34-35,38,52H,4-8,10-11,13-14,16-17,19-20,22-23,25-26,31,33,36-37,39-51H2,1-3H3/b12-9-,18-15-,24-21-,28-27-,32-29-,34-30-,38-35-. The summed E-state index contributed by atoms with van der Waals surface area (Å²) in [4.78, 5) is 37.9. The molecule has 1 atom stereocenters. The molecule has 0 amide bonds. The van der Waals surface area contributed by atoms with Crippen molar-refractivity contribution in [1.82, 2.24) is 0 Å². The normalized spacial score (nSPS) is 12.8. The van der Waals surface area contributed by atoms with E-state index in [1.807, 2.05) is 54.7 Å². The van der Waals surface area contributed by atoms with E-state index in [2.05, 4.69) is 51.2 Å². The summed E-state index contributed by atoms with van der Waals surface area (Å²) >= 11 is 0. The van der Waals surface area contributed by atoms with Crippen LogP contribution in [0.15, 0.2) is 85.1 Å². The Hall–Kier alpha value is -3.41. The van der Waals surface area contributed by atoms with Crippen molar-refractivity contribution < 1.29 is 28.6 Å². The number of esters is 3. The van der Waals surface area contributed by atoms with Crippen molar-refractivity contribution in [2.75, 3.05) is 13.2 Å². The first-order chi connectivity index (χ1) is 30.0. The van der Waals surface area contributed by atoms with E-state index in [9.17, 15) is 14.4 Å². The Labute approximate surface area is 375 Å². The number of carbonyl (C=O) groups is 3. The van der Waals surface area contributed by atoms with Gasteiger partial charge in [0, 0.05) is 19.3 Å². The maximum Gasteiger partial charge on any atom is 0.306 e. The fraction of sp³-hybridized carbons (Fsp3) is 0.691. The quantitative estimate of drug-likeness (QED) is 0.0200. The molecule has 0 saturated heterocycles. The molecule has 0 aliphatic rings. The molecule has 0 N–H and O–H groups in total. The molecule has 0 bridgehead atoms. The van der Waals surface area contributed by atoms with Crippen LogP contribution in [0.2, 0.25) is 0 Å². The Morgan fingerprint density at radius 1 is 0.344 bits per heavy atom. The summed E-state index contributed by atoms with van der Waals surface area (Å²) in [6.07, 6.45) is 62.9. The summed E-state index contributed by atoms with van der Waals surface area (Å²) < 4.78 is 16.7. The predicted molar refractivity (Wildman–Crippen MR) is 261 cm³/mol. The minimum atomic E-state index is -0.815. The van der Waals surface area contributed by atoms with Crippen LogP contribution >= 0.6 is 0 Å². The van der Waals surface area contributed by atoms with E-state index in [-0.39, 0.29) is 37.5 Å². The third-order valence-corrected chi connectivity index (χ3v) is 10.5. The highest BCUT2D eigenvalue weighted by molar-refractivity contribution is 5.71. The smallest absolute Gasteiger partial charge is 0.306 e. The van der Waals surface area contributed by atoms with Gasteiger partial charge in [-0.05, 0) is 83.5 Å². The van der Waals surface area contributed by atoms with Gasteiger partial charge in [-0.25, -0.2) is 0 Å². The Morgan fingerprint density at radius 2 is 0.672 bits per heavy atom. The molecule has 0 saturated carbocycles. The second-order valence-corrected chi connectivity index (χ2v) is 16.5. The molecule has 0 rings (SSSR count). The number of rotatable bonds is 44. The lowest BCUT2D eigenvalue weighted by atomic mass is 10.1. The molecule has 0 radical (unpaired) electrons. The minimum absolute atomic E-state index is 0.110. The maximum atomic E-state index is 12.8. The van der Waals surface area contributed by atoms with Crippen molar-refractivity contribution in [1.29, 1.82) is 0 Å². The molecule has 0 spiro atoms. The number of carbonyl (C=O) groups excluding carboxylic acids is 3. The molecule has 1 unspecified atom stereocenters. The first-order valence-electron chi connectivity index (χ1n) is 25.2. The van der Waals surface area contributed by atoms with Crippen molar-refractivity contribution in [3.63, 3.8) is 0 Å². The second kappa shape index (κ2) is 49.2. The fourth-order valence-corrected chi connectivity index (χ4v) is 6.70. The zero-order valence-corrected chi connectivity index (χ0v) is 39.7. The summed E-state index contributed by atoms with van der Waals surface area (Å²) in [7, 11) is 0. The average Bonchev–Trinajstić information content (AvgIpc) is 3.26. The Morgan fingerprint density at radius 3 is 1.11 bits per heavy atom. The van der Waals surface area contributed by atoms with Gasteiger partial charge in [-0.1, -0.05) is 209 Å². The molecule has 0 aromatic heterocycles. The van der Waals surface area contributed by atoms with Gasteiger partial charge >= 0.3 is 17.9 Å². The van der Waals surface area contributed by atoms with E-state index in [0.29, 0.717) is 19.3 Å². The zero-order valence-electron chi connectivity index (χ0n) is 39.7. The van der Waals surface area contributed by atoms with Gasteiger partial charge < -0.3 is 14.2 Å². The van der Waals surface area contributed by atoms with Crippen LogP contribution in [0.5, 0.6) is 0 Å². The number of hydrogen-bond acceptors (Lipinski definition) is 6. The van der Waals surface area contributed by atoms with Crippen molar-refractivity contribution in [3.8, 4) is 0 Å². The number of hydrogen-bond donors (Lipinski definition) is 0. The molecule has 0 aromatic carbocycles. The summed E-state index contributed by atoms with van der Waals surface area (Å²) in [5, 5.41) is 0. The highest BCUT2D eigenvalue weighted by Gasteiger charge is 2.19. The lowest BCUT2D eigenvalue weighted by Gasteiger charge is -2.18. The van der Waals surface area contributed by atoms with Crippen molar-refractivity contribution >= 4 is 17.9 Å². The highest BCUT2D eigenvalue weighted by Crippen LogP contribution is 2.13. The molecule has 0 heterocycles. The average molecular weight is 849 g/mol. The summed E-state index contributed by atoms with van der Waals surface area (Å²) in [6.45, 7) is 6.39. The van der Waals surface area contributed by atoms with Gasteiger partial charge in [0.25, 0.3) is 0 Å². The lowest BCUT2D eigenvalue weighted by molar-refractivity contribution is -0.167. The van der Waals surface area contributed by atoms with Gasteiger partial charge in [-0.2, -0.15) is 0 Å². The summed E-state index contributed by atoms with van der Waals surface area (Å²) in [5.74, 6) is -1.01. The van der Waals surface area contributed by atoms with Gasteiger partial charge in [-0.3, -0.25) is 14.4 Å². The van der Waals surface area contributed by atoms with E-state index in [4.69, 9.17) is 14.2 Å². The molecule has 61 heavy (non-hydrogen) atoms. The van der Waals surface area contributed by atoms with E-state index < -0.39 is 6.10 Å². The number of unbranched alkanes of at least 4 members (excludes halogenated alkanes) is 23. The summed E-state index contributed by atoms with van der Waals surface area (Å²) in [6, 6.07) is 0. The molecular formula is C55H92O6. The van der Waals surface area contributed by atoms with Gasteiger partial charge in [0.2, 0.25) is 0 Å². The monoisotopic (exact) mass is 849 g/mol. The van der Waals surface area contributed by atoms with Gasteiger partial charge in [-0.15, -0.1) is 0 Å². The van der Waals surface area contributed by atoms with E-state index >= 15 is 0 Å². The molecule has 6 nitrogen and oxygen atoms in total. The van der Waals surface area contributed by atoms with Crippen molar-refractivity contribution in [2.45, 2.75) is 232 Å². The first-order valence-corrected chi connectivity index (χ1v) is 25.2. The largest absolute Gasteiger partial charge is 0.462 e. The third-order valence-electron chi connectivity index (χ3n) is 10.5. The zero-order chi connectivity index (χ0) is 44.4. The van der Waals surface area contributed by atoms with Crippen LogP contribution in [0.1, 0.15) is 226 Å². The molecule has 0 aliphatic heterocycles. The van der Waals surface area contributed by atoms with E-state index in [1.54, 1.807) is 0 Å². The molecular weight excluding hydrogens is 757 g/mol.